The van der Waals surface area contributed by atoms with Crippen LogP contribution in [0.5, 0.6) is 0 Å². The number of carbonyl (C=O) groups is 7. The van der Waals surface area contributed by atoms with Gasteiger partial charge in [-0.25, -0.2) is 9.59 Å². The van der Waals surface area contributed by atoms with Crippen molar-refractivity contribution >= 4 is 41.5 Å². The monoisotopic (exact) mass is 675 g/mol. The molecule has 14 nitrogen and oxygen atoms in total. The van der Waals surface area contributed by atoms with Crippen molar-refractivity contribution in [2.75, 3.05) is 0 Å². The number of carboxylic acids is 1. The maximum atomic E-state index is 13.4. The highest BCUT2D eigenvalue weighted by Gasteiger charge is 2.35. The number of Topliss-reactive ketones (excluding diaryl/α,β-unsaturated/α-hetero) is 1. The molecule has 0 fully saturated rings. The molecule has 0 aliphatic heterocycles. The zero-order chi connectivity index (χ0) is 36.7. The van der Waals surface area contributed by atoms with Crippen molar-refractivity contribution in [3.63, 3.8) is 0 Å². The average Bonchev–Trinajstić information content (AvgIpc) is 3.01. The van der Waals surface area contributed by atoms with Crippen LogP contribution in [0.15, 0.2) is 30.3 Å². The van der Waals surface area contributed by atoms with Crippen LogP contribution >= 0.6 is 0 Å². The Bertz CT molecular complexity index is 1270. The molecule has 6 N–H and O–H groups in total. The maximum absolute atomic E-state index is 13.4. The molecule has 5 atom stereocenters. The van der Waals surface area contributed by atoms with E-state index in [1.807, 2.05) is 6.07 Å². The third-order valence-corrected chi connectivity index (χ3v) is 7.51. The van der Waals surface area contributed by atoms with E-state index in [-0.39, 0.29) is 31.3 Å². The second-order valence-electron chi connectivity index (χ2n) is 13.2. The van der Waals surface area contributed by atoms with E-state index in [9.17, 15) is 38.7 Å². The maximum Gasteiger partial charge on any atom is 0.408 e. The predicted molar refractivity (Wildman–Crippen MR) is 178 cm³/mol. The second-order valence-corrected chi connectivity index (χ2v) is 13.2. The van der Waals surface area contributed by atoms with E-state index in [4.69, 9.17) is 4.74 Å². The molecule has 1 rings (SSSR count). The van der Waals surface area contributed by atoms with Crippen molar-refractivity contribution in [3.05, 3.63) is 35.9 Å². The molecule has 0 aromatic heterocycles. The zero-order valence-corrected chi connectivity index (χ0v) is 29.4. The van der Waals surface area contributed by atoms with E-state index < -0.39 is 83.5 Å². The highest BCUT2D eigenvalue weighted by Crippen LogP contribution is 2.11. The van der Waals surface area contributed by atoms with Gasteiger partial charge in [-0.1, -0.05) is 92.6 Å². The summed E-state index contributed by atoms with van der Waals surface area (Å²) in [6.45, 7) is 15.2. The normalized spacial score (nSPS) is 14.4. The highest BCUT2D eigenvalue weighted by molar-refractivity contribution is 6.38. The molecule has 5 amide bonds. The first-order chi connectivity index (χ1) is 22.4. The number of benzene rings is 1. The van der Waals surface area contributed by atoms with Crippen LogP contribution in [0.3, 0.4) is 0 Å². The van der Waals surface area contributed by atoms with Crippen LogP contribution in [-0.2, 0) is 40.1 Å². The fourth-order valence-electron chi connectivity index (χ4n) is 4.68. The molecular weight excluding hydrogens is 622 g/mol. The molecule has 0 spiro atoms. The van der Waals surface area contributed by atoms with Crippen LogP contribution in [0.2, 0.25) is 0 Å². The Labute approximate surface area is 282 Å². The molecule has 0 saturated heterocycles. The standard InChI is InChI=1S/C34H53N5O9/c1-10-23(28(40)32(44)36-24(16-18(2)3)29(41)38-27(21(8)9)33(45)46)35-30(42)25(19(4)5)37-31(43)26(20(6)7)39-34(47)48-17-22-14-12-11-13-15-22/h11-15,18-21,23-27H,10,16-17H2,1-9H3,(H,35,42)(H,36,44)(H,37,43)(H,38,41)(H,39,47)(H,45,46)/t23-,24-,25+,26+,27+/m1/s1. The van der Waals surface area contributed by atoms with E-state index in [2.05, 4.69) is 26.6 Å². The lowest BCUT2D eigenvalue weighted by molar-refractivity contribution is -0.144. The average molecular weight is 676 g/mol. The minimum absolute atomic E-state index is 0.000166. The summed E-state index contributed by atoms with van der Waals surface area (Å²) in [6.07, 6.45) is -0.659. The number of amides is 5. The Morgan fingerprint density at radius 2 is 1.15 bits per heavy atom. The van der Waals surface area contributed by atoms with Crippen molar-refractivity contribution in [2.24, 2.45) is 23.7 Å². The quantitative estimate of drug-likeness (QED) is 0.119. The summed E-state index contributed by atoms with van der Waals surface area (Å²) in [5.41, 5.74) is 0.764. The number of hydrogen-bond acceptors (Lipinski definition) is 8. The number of carbonyl (C=O) groups excluding carboxylic acids is 6. The van der Waals surface area contributed by atoms with Gasteiger partial charge >= 0.3 is 12.1 Å². The van der Waals surface area contributed by atoms with Crippen molar-refractivity contribution in [3.8, 4) is 0 Å². The van der Waals surface area contributed by atoms with Gasteiger partial charge in [0.05, 0.1) is 6.04 Å². The number of alkyl carbamates (subject to hydrolysis) is 1. The summed E-state index contributed by atoms with van der Waals surface area (Å²) in [6, 6.07) is 3.15. The summed E-state index contributed by atoms with van der Waals surface area (Å²) in [4.78, 5) is 89.9. The molecule has 14 heteroatoms. The van der Waals surface area contributed by atoms with Crippen LogP contribution in [0.1, 0.15) is 80.7 Å². The lowest BCUT2D eigenvalue weighted by atomic mass is 9.98. The molecular formula is C34H53N5O9. The Balaban J connectivity index is 2.98. The van der Waals surface area contributed by atoms with Crippen LogP contribution in [0.25, 0.3) is 0 Å². The Hall–Kier alpha value is -4.49. The smallest absolute Gasteiger partial charge is 0.408 e. The Morgan fingerprint density at radius 1 is 0.646 bits per heavy atom. The molecule has 268 valence electrons. The van der Waals surface area contributed by atoms with Crippen molar-refractivity contribution in [2.45, 2.75) is 112 Å². The van der Waals surface area contributed by atoms with E-state index in [1.54, 1.807) is 86.6 Å². The Kier molecular flexibility index (Phi) is 17.3. The van der Waals surface area contributed by atoms with Gasteiger partial charge in [0.1, 0.15) is 30.8 Å². The molecule has 0 heterocycles. The summed E-state index contributed by atoms with van der Waals surface area (Å²) in [5.74, 6) is -6.83. The van der Waals surface area contributed by atoms with Gasteiger partial charge in [0.25, 0.3) is 5.91 Å². The van der Waals surface area contributed by atoms with Gasteiger partial charge < -0.3 is 36.4 Å². The van der Waals surface area contributed by atoms with Crippen molar-refractivity contribution < 1.29 is 43.4 Å². The minimum Gasteiger partial charge on any atom is -0.480 e. The zero-order valence-electron chi connectivity index (χ0n) is 29.4. The molecule has 48 heavy (non-hydrogen) atoms. The fourth-order valence-corrected chi connectivity index (χ4v) is 4.68. The largest absolute Gasteiger partial charge is 0.480 e. The molecule has 0 bridgehead atoms. The SMILES string of the molecule is CC[C@@H](NC(=O)[C@@H](NC(=O)[C@@H](NC(=O)OCc1ccccc1)C(C)C)C(C)C)C(=O)C(=O)N[C@H](CC(C)C)C(=O)N[C@H](C(=O)O)C(C)C. The molecule has 0 aliphatic carbocycles. The van der Waals surface area contributed by atoms with Crippen LogP contribution in [0.4, 0.5) is 4.79 Å². The van der Waals surface area contributed by atoms with Gasteiger partial charge in [-0.05, 0) is 42.1 Å². The lowest BCUT2D eigenvalue weighted by Gasteiger charge is -2.28. The second kappa shape index (κ2) is 20.0. The first kappa shape index (κ1) is 41.5. The summed E-state index contributed by atoms with van der Waals surface area (Å²) >= 11 is 0. The number of ether oxygens (including phenoxy) is 1. The molecule has 0 unspecified atom stereocenters. The molecule has 0 radical (unpaired) electrons. The van der Waals surface area contributed by atoms with E-state index in [1.165, 1.54) is 0 Å². The number of hydrogen-bond donors (Lipinski definition) is 6. The Morgan fingerprint density at radius 3 is 1.62 bits per heavy atom. The summed E-state index contributed by atoms with van der Waals surface area (Å²) in [5, 5.41) is 22.0. The number of carboxylic acid groups (broad SMARTS) is 1. The number of nitrogens with one attached hydrogen (secondary N) is 5. The molecule has 1 aromatic rings. The summed E-state index contributed by atoms with van der Waals surface area (Å²) < 4.78 is 5.24. The number of ketones is 1. The van der Waals surface area contributed by atoms with Crippen LogP contribution in [-0.4, -0.2) is 76.8 Å². The van der Waals surface area contributed by atoms with Gasteiger partial charge in [-0.2, -0.15) is 0 Å². The van der Waals surface area contributed by atoms with Gasteiger partial charge in [-0.3, -0.25) is 24.0 Å². The van der Waals surface area contributed by atoms with Gasteiger partial charge in [0, 0.05) is 0 Å². The van der Waals surface area contributed by atoms with E-state index in [0.29, 0.717) is 0 Å². The predicted octanol–water partition coefficient (Wildman–Crippen LogP) is 2.30. The highest BCUT2D eigenvalue weighted by atomic mass is 16.5. The molecule has 0 saturated carbocycles. The van der Waals surface area contributed by atoms with Crippen LogP contribution in [0, 0.1) is 23.7 Å². The third-order valence-electron chi connectivity index (χ3n) is 7.51. The third kappa shape index (κ3) is 13.7. The minimum atomic E-state index is -1.28. The van der Waals surface area contributed by atoms with Crippen molar-refractivity contribution in [1.29, 1.82) is 0 Å². The van der Waals surface area contributed by atoms with Gasteiger partial charge in [0.15, 0.2) is 0 Å². The lowest BCUT2D eigenvalue weighted by Crippen LogP contribution is -2.59. The first-order valence-corrected chi connectivity index (χ1v) is 16.3. The molecule has 0 aliphatic rings. The van der Waals surface area contributed by atoms with E-state index in [0.717, 1.165) is 5.56 Å². The number of aliphatic carboxylic acids is 1. The molecule has 1 aromatic carbocycles. The number of rotatable bonds is 19. The van der Waals surface area contributed by atoms with Gasteiger partial charge in [0.2, 0.25) is 23.5 Å². The first-order valence-electron chi connectivity index (χ1n) is 16.3. The summed E-state index contributed by atoms with van der Waals surface area (Å²) in [7, 11) is 0. The fraction of sp³-hybridized carbons (Fsp3) is 0.618. The van der Waals surface area contributed by atoms with Crippen LogP contribution < -0.4 is 26.6 Å². The van der Waals surface area contributed by atoms with Crippen molar-refractivity contribution in [1.82, 2.24) is 26.6 Å². The topological polar surface area (TPSA) is 209 Å². The van der Waals surface area contributed by atoms with Gasteiger partial charge in [-0.15, -0.1) is 0 Å². The van der Waals surface area contributed by atoms with E-state index >= 15 is 0 Å².